The van der Waals surface area contributed by atoms with Crippen LogP contribution >= 0.6 is 0 Å². The molecule has 6 nitrogen and oxygen atoms in total. The molecule has 0 unspecified atom stereocenters. The summed E-state index contributed by atoms with van der Waals surface area (Å²) in [5.41, 5.74) is 2.13. The van der Waals surface area contributed by atoms with Gasteiger partial charge >= 0.3 is 6.09 Å². The topological polar surface area (TPSA) is 71.8 Å². The summed E-state index contributed by atoms with van der Waals surface area (Å²) in [4.78, 5) is 27.0. The molecule has 1 N–H and O–H groups in total. The lowest BCUT2D eigenvalue weighted by Crippen LogP contribution is -2.49. The molecule has 1 saturated heterocycles. The SMILES string of the molecule is C[C@@H](c1ccc(-c2ccn(C)c(=O)c2)cc1)N1CC[C@](CCC(C)(C)O)(c2ccccc2)OC1=O. The number of amides is 1. The first-order chi connectivity index (χ1) is 16.6. The van der Waals surface area contributed by atoms with Crippen molar-refractivity contribution >= 4 is 6.09 Å². The van der Waals surface area contributed by atoms with E-state index in [-0.39, 0.29) is 17.7 Å². The first-order valence-corrected chi connectivity index (χ1v) is 12.1. The molecule has 0 spiro atoms. The maximum atomic E-state index is 13.3. The smallest absolute Gasteiger partial charge is 0.411 e. The van der Waals surface area contributed by atoms with Gasteiger partial charge in [0.05, 0.1) is 11.6 Å². The van der Waals surface area contributed by atoms with E-state index in [2.05, 4.69) is 0 Å². The number of aryl methyl sites for hydroxylation is 1. The van der Waals surface area contributed by atoms with Crippen molar-refractivity contribution in [2.75, 3.05) is 6.54 Å². The summed E-state index contributed by atoms with van der Waals surface area (Å²) >= 11 is 0. The molecule has 1 aliphatic rings. The van der Waals surface area contributed by atoms with Crippen molar-refractivity contribution in [3.8, 4) is 11.1 Å². The van der Waals surface area contributed by atoms with Crippen molar-refractivity contribution in [2.45, 2.75) is 57.3 Å². The number of aliphatic hydroxyl groups is 1. The van der Waals surface area contributed by atoms with Crippen LogP contribution in [0.4, 0.5) is 4.79 Å². The molecule has 3 aromatic rings. The standard InChI is InChI=1S/C29H34N2O4/c1-21(22-10-12-23(13-11-22)24-14-18-30(4)26(32)20-24)31-19-17-29(35-27(31)33,16-15-28(2,3)34)25-8-6-5-7-9-25/h5-14,18,20-21,34H,15-17,19H2,1-4H3/t21-,29+/m0/s1. The van der Waals surface area contributed by atoms with Crippen molar-refractivity contribution in [1.29, 1.82) is 0 Å². The molecule has 2 atom stereocenters. The number of carbonyl (C=O) groups excluding carboxylic acids is 1. The average molecular weight is 475 g/mol. The molecule has 1 aromatic heterocycles. The number of carbonyl (C=O) groups is 1. The normalized spacial score (nSPS) is 19.3. The average Bonchev–Trinajstić information content (AvgIpc) is 2.84. The van der Waals surface area contributed by atoms with E-state index in [9.17, 15) is 14.7 Å². The summed E-state index contributed by atoms with van der Waals surface area (Å²) in [6, 6.07) is 21.2. The second-order valence-corrected chi connectivity index (χ2v) is 10.1. The van der Waals surface area contributed by atoms with Gasteiger partial charge in [0.15, 0.2) is 0 Å². The highest BCUT2D eigenvalue weighted by Crippen LogP contribution is 2.41. The van der Waals surface area contributed by atoms with Crippen LogP contribution < -0.4 is 5.56 Å². The van der Waals surface area contributed by atoms with E-state index in [0.29, 0.717) is 25.8 Å². The highest BCUT2D eigenvalue weighted by Gasteiger charge is 2.44. The Balaban J connectivity index is 1.52. The van der Waals surface area contributed by atoms with Crippen molar-refractivity contribution in [1.82, 2.24) is 9.47 Å². The van der Waals surface area contributed by atoms with Gasteiger partial charge in [-0.05, 0) is 61.9 Å². The molecule has 0 radical (unpaired) electrons. The van der Waals surface area contributed by atoms with Crippen LogP contribution in [0.25, 0.3) is 11.1 Å². The zero-order valence-corrected chi connectivity index (χ0v) is 20.9. The number of benzene rings is 2. The first kappa shape index (κ1) is 24.7. The summed E-state index contributed by atoms with van der Waals surface area (Å²) in [6.45, 7) is 6.11. The number of hydrogen-bond donors (Lipinski definition) is 1. The minimum atomic E-state index is -0.844. The molecule has 6 heteroatoms. The molecular weight excluding hydrogens is 440 g/mol. The predicted molar refractivity (Wildman–Crippen MR) is 137 cm³/mol. The van der Waals surface area contributed by atoms with E-state index in [0.717, 1.165) is 22.3 Å². The van der Waals surface area contributed by atoms with E-state index in [4.69, 9.17) is 4.74 Å². The summed E-state index contributed by atoms with van der Waals surface area (Å²) in [6.07, 6.45) is 3.14. The highest BCUT2D eigenvalue weighted by atomic mass is 16.6. The Morgan fingerprint density at radius 2 is 1.71 bits per heavy atom. The van der Waals surface area contributed by atoms with Gasteiger partial charge in [0.2, 0.25) is 0 Å². The van der Waals surface area contributed by atoms with Gasteiger partial charge in [-0.15, -0.1) is 0 Å². The van der Waals surface area contributed by atoms with Crippen LogP contribution in [0.5, 0.6) is 0 Å². The van der Waals surface area contributed by atoms with Gasteiger partial charge in [-0.3, -0.25) is 4.79 Å². The minimum Gasteiger partial charge on any atom is -0.438 e. The van der Waals surface area contributed by atoms with Crippen molar-refractivity contribution < 1.29 is 14.6 Å². The molecule has 0 saturated carbocycles. The van der Waals surface area contributed by atoms with E-state index >= 15 is 0 Å². The van der Waals surface area contributed by atoms with E-state index in [1.165, 1.54) is 0 Å². The highest BCUT2D eigenvalue weighted by molar-refractivity contribution is 5.70. The maximum Gasteiger partial charge on any atom is 0.411 e. The fourth-order valence-corrected chi connectivity index (χ4v) is 4.66. The van der Waals surface area contributed by atoms with Crippen LogP contribution in [-0.4, -0.2) is 32.8 Å². The van der Waals surface area contributed by atoms with E-state index in [1.54, 1.807) is 42.6 Å². The fraction of sp³-hybridized carbons (Fsp3) is 0.379. The van der Waals surface area contributed by atoms with Crippen LogP contribution in [0.15, 0.2) is 77.7 Å². The van der Waals surface area contributed by atoms with Crippen molar-refractivity contribution in [2.24, 2.45) is 7.05 Å². The van der Waals surface area contributed by atoms with Gasteiger partial charge in [0.25, 0.3) is 5.56 Å². The van der Waals surface area contributed by atoms with Crippen molar-refractivity contribution in [3.05, 3.63) is 94.4 Å². The third-order valence-electron chi connectivity index (χ3n) is 7.01. The Labute approximate surface area is 206 Å². The van der Waals surface area contributed by atoms with Crippen LogP contribution in [0.3, 0.4) is 0 Å². The number of hydrogen-bond acceptors (Lipinski definition) is 4. The van der Waals surface area contributed by atoms with Gasteiger partial charge in [-0.2, -0.15) is 0 Å². The third kappa shape index (κ3) is 5.49. The molecule has 0 aliphatic carbocycles. The molecule has 1 aliphatic heterocycles. The number of ether oxygens (including phenoxy) is 1. The molecule has 1 fully saturated rings. The molecular formula is C29H34N2O4. The Kier molecular flexibility index (Phi) is 6.86. The third-order valence-corrected chi connectivity index (χ3v) is 7.01. The van der Waals surface area contributed by atoms with Gasteiger partial charge in [0.1, 0.15) is 5.60 Å². The number of rotatable bonds is 7. The largest absolute Gasteiger partial charge is 0.438 e. The lowest BCUT2D eigenvalue weighted by molar-refractivity contribution is -0.0767. The van der Waals surface area contributed by atoms with Gasteiger partial charge < -0.3 is 19.3 Å². The van der Waals surface area contributed by atoms with Crippen LogP contribution in [0, 0.1) is 0 Å². The van der Waals surface area contributed by atoms with Gasteiger partial charge in [-0.25, -0.2) is 4.79 Å². The summed E-state index contributed by atoms with van der Waals surface area (Å²) < 4.78 is 7.71. The maximum absolute atomic E-state index is 13.3. The second-order valence-electron chi connectivity index (χ2n) is 10.1. The van der Waals surface area contributed by atoms with Gasteiger partial charge in [0, 0.05) is 32.3 Å². The van der Waals surface area contributed by atoms with Crippen LogP contribution in [0.2, 0.25) is 0 Å². The zero-order valence-electron chi connectivity index (χ0n) is 20.9. The predicted octanol–water partition coefficient (Wildman–Crippen LogP) is 5.40. The molecule has 35 heavy (non-hydrogen) atoms. The number of nitrogens with zero attached hydrogens (tertiary/aromatic N) is 2. The molecule has 2 aromatic carbocycles. The molecule has 2 heterocycles. The Morgan fingerprint density at radius 1 is 1.03 bits per heavy atom. The molecule has 4 rings (SSSR count). The number of pyridine rings is 1. The molecule has 1 amide bonds. The first-order valence-electron chi connectivity index (χ1n) is 12.1. The summed E-state index contributed by atoms with van der Waals surface area (Å²) in [7, 11) is 1.73. The lowest BCUT2D eigenvalue weighted by atomic mass is 9.82. The minimum absolute atomic E-state index is 0.0532. The quantitative estimate of drug-likeness (QED) is 0.498. The zero-order chi connectivity index (χ0) is 25.2. The van der Waals surface area contributed by atoms with Gasteiger partial charge in [-0.1, -0.05) is 54.6 Å². The summed E-state index contributed by atoms with van der Waals surface area (Å²) in [5, 5.41) is 10.3. The molecule has 0 bridgehead atoms. The number of aromatic nitrogens is 1. The van der Waals surface area contributed by atoms with E-state index in [1.807, 2.05) is 67.6 Å². The Bertz CT molecular complexity index is 1230. The Morgan fingerprint density at radius 3 is 2.31 bits per heavy atom. The molecule has 184 valence electrons. The second kappa shape index (κ2) is 9.70. The van der Waals surface area contributed by atoms with Crippen LogP contribution in [-0.2, 0) is 17.4 Å². The summed E-state index contributed by atoms with van der Waals surface area (Å²) in [5.74, 6) is 0. The number of cyclic esters (lactones) is 1. The van der Waals surface area contributed by atoms with Crippen LogP contribution in [0.1, 0.15) is 57.2 Å². The Hall–Kier alpha value is -3.38. The monoisotopic (exact) mass is 474 g/mol. The lowest BCUT2D eigenvalue weighted by Gasteiger charge is -2.44. The fourth-order valence-electron chi connectivity index (χ4n) is 4.66. The van der Waals surface area contributed by atoms with E-state index < -0.39 is 11.2 Å². The van der Waals surface area contributed by atoms with Crippen molar-refractivity contribution in [3.63, 3.8) is 0 Å².